The molecule has 0 heterocycles. The molecule has 3 unspecified atom stereocenters. The highest BCUT2D eigenvalue weighted by molar-refractivity contribution is 5.85. The van der Waals surface area contributed by atoms with E-state index in [-0.39, 0.29) is 0 Å². The fourth-order valence-corrected chi connectivity index (χ4v) is 4.43. The van der Waals surface area contributed by atoms with E-state index in [2.05, 4.69) is 5.32 Å². The summed E-state index contributed by atoms with van der Waals surface area (Å²) in [7, 11) is 0. The Kier molecular flexibility index (Phi) is 7.43. The van der Waals surface area contributed by atoms with Gasteiger partial charge in [-0.15, -0.1) is 0 Å². The summed E-state index contributed by atoms with van der Waals surface area (Å²) in [4.78, 5) is 24.1. The topological polar surface area (TPSA) is 122 Å². The summed E-state index contributed by atoms with van der Waals surface area (Å²) >= 11 is 0. The Morgan fingerprint density at radius 1 is 0.889 bits per heavy atom. The van der Waals surface area contributed by atoms with Crippen molar-refractivity contribution in [3.05, 3.63) is 95.6 Å². The number of nitrogens with two attached hydrogens (primary N) is 1. The van der Waals surface area contributed by atoms with Crippen LogP contribution in [0.5, 0.6) is 0 Å². The highest BCUT2D eigenvalue weighted by Gasteiger charge is 2.51. The van der Waals surface area contributed by atoms with E-state index in [1.54, 1.807) is 26.0 Å². The average Bonchev–Trinajstić information content (AvgIpc) is 3.70. The first-order valence-corrected chi connectivity index (χ1v) is 12.1. The number of carbonyl (C=O) groups is 2. The van der Waals surface area contributed by atoms with Gasteiger partial charge in [-0.05, 0) is 54.5 Å². The highest BCUT2D eigenvalue weighted by Crippen LogP contribution is 2.48. The van der Waals surface area contributed by atoms with Crippen LogP contribution in [0.1, 0.15) is 55.6 Å². The minimum atomic E-state index is -1.04. The number of hydrogen-bond donors (Lipinski definition) is 4. The lowest BCUT2D eigenvalue weighted by Gasteiger charge is -2.28. The highest BCUT2D eigenvalue weighted by atomic mass is 16.6. The zero-order chi connectivity index (χ0) is 25.9. The Hall–Kier alpha value is -3.68. The molecule has 0 saturated heterocycles. The molecule has 1 amide bonds. The van der Waals surface area contributed by atoms with Crippen LogP contribution in [0.4, 0.5) is 4.79 Å². The number of carboxylic acids is 1. The van der Waals surface area contributed by atoms with Crippen LogP contribution in [0, 0.1) is 0 Å². The average molecular weight is 489 g/mol. The lowest BCUT2D eigenvalue weighted by Crippen LogP contribution is -2.50. The van der Waals surface area contributed by atoms with Gasteiger partial charge < -0.3 is 26.0 Å². The van der Waals surface area contributed by atoms with Gasteiger partial charge in [0.15, 0.2) is 0 Å². The SMILES string of the molecule is CC(N)C(NC(=O)O[C@H](C)c1ccccc1)C(O)c1ccc(-c2ccc(C3(C(=O)O)CC3)cc2)cc1. The maximum Gasteiger partial charge on any atom is 0.408 e. The molecule has 188 valence electrons. The van der Waals surface area contributed by atoms with Gasteiger partial charge in [0.2, 0.25) is 0 Å². The zero-order valence-corrected chi connectivity index (χ0v) is 20.4. The number of aliphatic hydroxyl groups is 1. The van der Waals surface area contributed by atoms with E-state index in [1.807, 2.05) is 66.7 Å². The fourth-order valence-electron chi connectivity index (χ4n) is 4.43. The first kappa shape index (κ1) is 25.4. The third kappa shape index (κ3) is 5.42. The Balaban J connectivity index is 1.42. The number of hydrogen-bond acceptors (Lipinski definition) is 5. The molecule has 0 bridgehead atoms. The second kappa shape index (κ2) is 10.5. The summed E-state index contributed by atoms with van der Waals surface area (Å²) in [5.41, 5.74) is 9.53. The van der Waals surface area contributed by atoms with Gasteiger partial charge >= 0.3 is 12.1 Å². The number of amides is 1. The molecular formula is C29H32N2O5. The minimum Gasteiger partial charge on any atom is -0.481 e. The molecule has 3 aromatic carbocycles. The van der Waals surface area contributed by atoms with E-state index in [0.29, 0.717) is 18.4 Å². The van der Waals surface area contributed by atoms with Crippen LogP contribution in [0.3, 0.4) is 0 Å². The molecule has 0 radical (unpaired) electrons. The van der Waals surface area contributed by atoms with Gasteiger partial charge in [-0.1, -0.05) is 78.9 Å². The van der Waals surface area contributed by atoms with Crippen molar-refractivity contribution in [2.45, 2.75) is 56.4 Å². The lowest BCUT2D eigenvalue weighted by molar-refractivity contribution is -0.140. The van der Waals surface area contributed by atoms with Crippen LogP contribution in [-0.4, -0.2) is 34.4 Å². The van der Waals surface area contributed by atoms with Gasteiger partial charge in [-0.2, -0.15) is 0 Å². The van der Waals surface area contributed by atoms with Crippen LogP contribution in [0.15, 0.2) is 78.9 Å². The Bertz CT molecular complexity index is 1190. The third-order valence-corrected chi connectivity index (χ3v) is 6.93. The van der Waals surface area contributed by atoms with Crippen LogP contribution in [-0.2, 0) is 14.9 Å². The quantitative estimate of drug-likeness (QED) is 0.346. The van der Waals surface area contributed by atoms with Crippen molar-refractivity contribution in [3.8, 4) is 11.1 Å². The van der Waals surface area contributed by atoms with Gasteiger partial charge in [0.25, 0.3) is 0 Å². The maximum absolute atomic E-state index is 12.5. The van der Waals surface area contributed by atoms with Crippen molar-refractivity contribution in [1.29, 1.82) is 0 Å². The number of nitrogens with one attached hydrogen (secondary N) is 1. The van der Waals surface area contributed by atoms with Crippen molar-refractivity contribution in [2.24, 2.45) is 5.73 Å². The van der Waals surface area contributed by atoms with Gasteiger partial charge in [-0.3, -0.25) is 4.79 Å². The summed E-state index contributed by atoms with van der Waals surface area (Å²) in [5, 5.41) is 23.2. The molecule has 0 spiro atoms. The number of benzene rings is 3. The van der Waals surface area contributed by atoms with Gasteiger partial charge in [0.05, 0.1) is 11.5 Å². The second-order valence-corrected chi connectivity index (χ2v) is 9.52. The Morgan fingerprint density at radius 3 is 1.94 bits per heavy atom. The lowest BCUT2D eigenvalue weighted by atomic mass is 9.92. The molecule has 4 atom stereocenters. The molecule has 1 aliphatic rings. The van der Waals surface area contributed by atoms with Crippen LogP contribution in [0.25, 0.3) is 11.1 Å². The Morgan fingerprint density at radius 2 is 1.44 bits per heavy atom. The first-order chi connectivity index (χ1) is 17.2. The molecule has 7 nitrogen and oxygen atoms in total. The number of carbonyl (C=O) groups excluding carboxylic acids is 1. The minimum absolute atomic E-state index is 0.451. The van der Waals surface area contributed by atoms with Crippen molar-refractivity contribution >= 4 is 12.1 Å². The second-order valence-electron chi connectivity index (χ2n) is 9.52. The van der Waals surface area contributed by atoms with E-state index in [1.165, 1.54) is 0 Å². The van der Waals surface area contributed by atoms with Crippen molar-refractivity contribution in [1.82, 2.24) is 5.32 Å². The number of alkyl carbamates (subject to hydrolysis) is 1. The van der Waals surface area contributed by atoms with Gasteiger partial charge in [0.1, 0.15) is 12.2 Å². The molecule has 36 heavy (non-hydrogen) atoms. The van der Waals surface area contributed by atoms with Gasteiger partial charge in [0, 0.05) is 6.04 Å². The number of ether oxygens (including phenoxy) is 1. The number of rotatable bonds is 9. The predicted molar refractivity (Wildman–Crippen MR) is 137 cm³/mol. The largest absolute Gasteiger partial charge is 0.481 e. The van der Waals surface area contributed by atoms with Gasteiger partial charge in [-0.25, -0.2) is 4.79 Å². The molecule has 0 aromatic heterocycles. The van der Waals surface area contributed by atoms with Crippen LogP contribution >= 0.6 is 0 Å². The van der Waals surface area contributed by atoms with E-state index in [9.17, 15) is 19.8 Å². The molecule has 4 rings (SSSR count). The van der Waals surface area contributed by atoms with Crippen LogP contribution < -0.4 is 11.1 Å². The first-order valence-electron chi connectivity index (χ1n) is 12.1. The molecule has 3 aromatic rings. The van der Waals surface area contributed by atoms with Crippen LogP contribution in [0.2, 0.25) is 0 Å². The summed E-state index contributed by atoms with van der Waals surface area (Å²) in [6, 6.07) is 23.0. The number of aliphatic hydroxyl groups excluding tert-OH is 1. The fraction of sp³-hybridized carbons (Fsp3) is 0.310. The van der Waals surface area contributed by atoms with E-state index in [4.69, 9.17) is 10.5 Å². The molecular weight excluding hydrogens is 456 g/mol. The smallest absolute Gasteiger partial charge is 0.408 e. The van der Waals surface area contributed by atoms with E-state index < -0.39 is 41.8 Å². The molecule has 7 heteroatoms. The molecule has 1 aliphatic carbocycles. The standard InChI is InChI=1S/C29H32N2O5/c1-18(30)25(31-28(35)36-19(2)20-6-4-3-5-7-20)26(32)23-10-8-21(9-11-23)22-12-14-24(15-13-22)29(16-17-29)27(33)34/h3-15,18-19,25-26,32H,16-17,30H2,1-2H3,(H,31,35)(H,33,34)/t18?,19-,25?,26?/m1/s1. The summed E-state index contributed by atoms with van der Waals surface area (Å²) in [6.45, 7) is 3.50. The van der Waals surface area contributed by atoms with E-state index in [0.717, 1.165) is 22.3 Å². The normalized spacial score (nSPS) is 17.3. The summed E-state index contributed by atoms with van der Waals surface area (Å²) < 4.78 is 5.48. The molecule has 0 aliphatic heterocycles. The summed E-state index contributed by atoms with van der Waals surface area (Å²) in [6.07, 6.45) is -0.803. The monoisotopic (exact) mass is 488 g/mol. The Labute approximate surface area is 210 Å². The predicted octanol–water partition coefficient (Wildman–Crippen LogP) is 4.71. The van der Waals surface area contributed by atoms with Crippen molar-refractivity contribution < 1.29 is 24.5 Å². The molecule has 5 N–H and O–H groups in total. The molecule has 1 saturated carbocycles. The third-order valence-electron chi connectivity index (χ3n) is 6.93. The summed E-state index contributed by atoms with van der Waals surface area (Å²) in [5.74, 6) is -0.774. The molecule has 1 fully saturated rings. The maximum atomic E-state index is 12.5. The van der Waals surface area contributed by atoms with Crippen molar-refractivity contribution in [2.75, 3.05) is 0 Å². The van der Waals surface area contributed by atoms with E-state index >= 15 is 0 Å². The number of carboxylic acid groups (broad SMARTS) is 1. The number of aliphatic carboxylic acids is 1. The zero-order valence-electron chi connectivity index (χ0n) is 20.4. The van der Waals surface area contributed by atoms with Crippen molar-refractivity contribution in [3.63, 3.8) is 0 Å².